The Kier molecular flexibility index (Phi) is 12.0. The number of esters is 2. The van der Waals surface area contributed by atoms with Gasteiger partial charge in [0.25, 0.3) is 0 Å². The van der Waals surface area contributed by atoms with Gasteiger partial charge in [0.2, 0.25) is 11.8 Å². The summed E-state index contributed by atoms with van der Waals surface area (Å²) in [5.74, 6) is -0.220. The zero-order valence-corrected chi connectivity index (χ0v) is 21.6. The number of alkyl halides is 1. The third kappa shape index (κ3) is 9.52. The number of carbonyl (C=O) groups is 4. The maximum Gasteiger partial charge on any atom is 0.337 e. The molecule has 0 saturated carbocycles. The van der Waals surface area contributed by atoms with Crippen LogP contribution < -0.4 is 5.32 Å². The van der Waals surface area contributed by atoms with E-state index in [1.54, 1.807) is 24.3 Å². The zero-order valence-electron chi connectivity index (χ0n) is 20.1. The Labute approximate surface area is 214 Å². The molecule has 2 aromatic rings. The van der Waals surface area contributed by atoms with Gasteiger partial charge >= 0.3 is 11.9 Å². The summed E-state index contributed by atoms with van der Waals surface area (Å²) < 4.78 is 9.18. The molecule has 8 nitrogen and oxygen atoms in total. The molecule has 35 heavy (non-hydrogen) atoms. The number of rotatable bonds is 5. The molecule has 2 aliphatic heterocycles. The Morgan fingerprint density at radius 1 is 0.857 bits per heavy atom. The summed E-state index contributed by atoms with van der Waals surface area (Å²) in [5.41, 5.74) is 3.29. The van der Waals surface area contributed by atoms with Crippen LogP contribution in [0, 0.1) is 0 Å². The molecule has 0 unspecified atom stereocenters. The van der Waals surface area contributed by atoms with Crippen molar-refractivity contribution in [1.29, 1.82) is 0 Å². The van der Waals surface area contributed by atoms with Gasteiger partial charge in [0.1, 0.15) is 0 Å². The van der Waals surface area contributed by atoms with Crippen molar-refractivity contribution in [1.82, 2.24) is 10.2 Å². The second kappa shape index (κ2) is 14.9. The summed E-state index contributed by atoms with van der Waals surface area (Å²) in [6.45, 7) is 2.34. The van der Waals surface area contributed by atoms with Gasteiger partial charge in [0, 0.05) is 37.8 Å². The molecule has 2 aromatic carbocycles. The summed E-state index contributed by atoms with van der Waals surface area (Å²) in [7, 11) is 2.74. The van der Waals surface area contributed by atoms with Crippen molar-refractivity contribution in [2.45, 2.75) is 37.6 Å². The standard InChI is InChI=1S/C13H15NO3.C9H9BrO2.C4H7NO/c1-17-13(16)11-6-4-10(5-7-11)9-14-8-2-3-12(14)15;1-12-9(11)8-4-2-7(6-10)3-5-8;6-4-2-1-3-5-4/h4-7H,2-3,8-9H2,1H3;2-5H,6H2,1H3;1-3H2,(H,5,6). The predicted molar refractivity (Wildman–Crippen MR) is 135 cm³/mol. The Morgan fingerprint density at radius 3 is 1.74 bits per heavy atom. The van der Waals surface area contributed by atoms with E-state index in [4.69, 9.17) is 0 Å². The number of hydrogen-bond acceptors (Lipinski definition) is 6. The Hall–Kier alpha value is -3.20. The van der Waals surface area contributed by atoms with E-state index >= 15 is 0 Å². The average Bonchev–Trinajstić information content (AvgIpc) is 3.55. The van der Waals surface area contributed by atoms with Crippen molar-refractivity contribution < 1.29 is 28.7 Å². The molecule has 188 valence electrons. The van der Waals surface area contributed by atoms with Crippen molar-refractivity contribution >= 4 is 39.7 Å². The summed E-state index contributed by atoms with van der Waals surface area (Å²) in [5, 5.41) is 3.48. The second-order valence-electron chi connectivity index (χ2n) is 7.88. The number of hydrogen-bond donors (Lipinski definition) is 1. The summed E-state index contributed by atoms with van der Waals surface area (Å²) in [4.78, 5) is 45.6. The number of methoxy groups -OCH3 is 2. The van der Waals surface area contributed by atoms with Gasteiger partial charge in [-0.2, -0.15) is 0 Å². The molecule has 0 bridgehead atoms. The predicted octanol–water partition coefficient (Wildman–Crippen LogP) is 3.86. The zero-order chi connectivity index (χ0) is 25.6. The molecule has 0 aliphatic carbocycles. The largest absolute Gasteiger partial charge is 0.465 e. The quantitative estimate of drug-likeness (QED) is 0.451. The molecule has 2 fully saturated rings. The lowest BCUT2D eigenvalue weighted by Gasteiger charge is -2.15. The number of amides is 2. The molecule has 0 aromatic heterocycles. The van der Waals surface area contributed by atoms with Crippen LogP contribution in [0.15, 0.2) is 48.5 Å². The van der Waals surface area contributed by atoms with Gasteiger partial charge in [-0.05, 0) is 48.2 Å². The number of halogens is 1. The van der Waals surface area contributed by atoms with Gasteiger partial charge in [-0.15, -0.1) is 0 Å². The Balaban J connectivity index is 0.000000207. The highest BCUT2D eigenvalue weighted by atomic mass is 79.9. The molecule has 4 rings (SSSR count). The van der Waals surface area contributed by atoms with Crippen molar-refractivity contribution in [3.8, 4) is 0 Å². The normalized spacial score (nSPS) is 14.2. The molecule has 2 saturated heterocycles. The summed E-state index contributed by atoms with van der Waals surface area (Å²) in [6.07, 6.45) is 3.36. The van der Waals surface area contributed by atoms with Crippen LogP contribution >= 0.6 is 15.9 Å². The molecular formula is C26H31BrN2O6. The maximum atomic E-state index is 11.5. The smallest absolute Gasteiger partial charge is 0.337 e. The molecule has 1 N–H and O–H groups in total. The first-order valence-electron chi connectivity index (χ1n) is 11.3. The number of ether oxygens (including phenoxy) is 2. The number of nitrogens with zero attached hydrogens (tertiary/aromatic N) is 1. The van der Waals surface area contributed by atoms with Gasteiger partial charge in [-0.3, -0.25) is 9.59 Å². The number of carbonyl (C=O) groups excluding carboxylic acids is 4. The van der Waals surface area contributed by atoms with E-state index in [2.05, 4.69) is 30.7 Å². The number of benzene rings is 2. The van der Waals surface area contributed by atoms with E-state index in [0.29, 0.717) is 24.1 Å². The van der Waals surface area contributed by atoms with Gasteiger partial charge in [0.15, 0.2) is 0 Å². The first kappa shape index (κ1) is 28.0. The van der Waals surface area contributed by atoms with E-state index in [0.717, 1.165) is 48.8 Å². The lowest BCUT2D eigenvalue weighted by atomic mass is 10.1. The highest BCUT2D eigenvalue weighted by Gasteiger charge is 2.20. The SMILES string of the molecule is COC(=O)c1ccc(CBr)cc1.COC(=O)c1ccc(CN2CCCC2=O)cc1.O=C1CCCN1. The molecular weight excluding hydrogens is 516 g/mol. The molecule has 2 amide bonds. The van der Waals surface area contributed by atoms with Crippen LogP contribution in [-0.4, -0.2) is 56.0 Å². The lowest BCUT2D eigenvalue weighted by Crippen LogP contribution is -2.23. The minimum Gasteiger partial charge on any atom is -0.465 e. The maximum absolute atomic E-state index is 11.5. The lowest BCUT2D eigenvalue weighted by molar-refractivity contribution is -0.128. The van der Waals surface area contributed by atoms with Crippen molar-refractivity contribution in [3.05, 3.63) is 70.8 Å². The minimum absolute atomic E-state index is 0.204. The monoisotopic (exact) mass is 546 g/mol. The highest BCUT2D eigenvalue weighted by molar-refractivity contribution is 9.08. The number of nitrogens with one attached hydrogen (secondary N) is 1. The van der Waals surface area contributed by atoms with E-state index in [1.807, 2.05) is 29.2 Å². The highest BCUT2D eigenvalue weighted by Crippen LogP contribution is 2.15. The molecule has 0 spiro atoms. The molecule has 0 radical (unpaired) electrons. The third-order valence-electron chi connectivity index (χ3n) is 5.35. The minimum atomic E-state index is -0.339. The topological polar surface area (TPSA) is 102 Å². The van der Waals surface area contributed by atoms with Crippen LogP contribution in [0.25, 0.3) is 0 Å². The van der Waals surface area contributed by atoms with E-state index in [-0.39, 0.29) is 23.8 Å². The van der Waals surface area contributed by atoms with Crippen molar-refractivity contribution in [3.63, 3.8) is 0 Å². The first-order valence-corrected chi connectivity index (χ1v) is 12.4. The van der Waals surface area contributed by atoms with E-state index in [1.165, 1.54) is 14.2 Å². The van der Waals surface area contributed by atoms with Gasteiger partial charge in [-0.1, -0.05) is 40.2 Å². The van der Waals surface area contributed by atoms with Gasteiger partial charge < -0.3 is 19.7 Å². The Morgan fingerprint density at radius 2 is 1.40 bits per heavy atom. The van der Waals surface area contributed by atoms with E-state index < -0.39 is 0 Å². The second-order valence-corrected chi connectivity index (χ2v) is 8.44. The van der Waals surface area contributed by atoms with Crippen LogP contribution in [0.5, 0.6) is 0 Å². The van der Waals surface area contributed by atoms with Crippen LogP contribution in [0.3, 0.4) is 0 Å². The molecule has 9 heteroatoms. The fraction of sp³-hybridized carbons (Fsp3) is 0.385. The van der Waals surface area contributed by atoms with Gasteiger partial charge in [-0.25, -0.2) is 9.59 Å². The fourth-order valence-corrected chi connectivity index (χ4v) is 3.74. The average molecular weight is 547 g/mol. The van der Waals surface area contributed by atoms with Gasteiger partial charge in [0.05, 0.1) is 25.3 Å². The van der Waals surface area contributed by atoms with Crippen LogP contribution in [-0.2, 0) is 30.9 Å². The molecule has 2 heterocycles. The van der Waals surface area contributed by atoms with Crippen LogP contribution in [0.2, 0.25) is 0 Å². The summed E-state index contributed by atoms with van der Waals surface area (Å²) >= 11 is 3.32. The van der Waals surface area contributed by atoms with Crippen molar-refractivity contribution in [2.24, 2.45) is 0 Å². The third-order valence-corrected chi connectivity index (χ3v) is 6.00. The van der Waals surface area contributed by atoms with Crippen LogP contribution in [0.1, 0.15) is 57.5 Å². The Bertz CT molecular complexity index is 984. The molecule has 2 aliphatic rings. The molecule has 0 atom stereocenters. The fourth-order valence-electron chi connectivity index (χ4n) is 3.37. The van der Waals surface area contributed by atoms with Crippen molar-refractivity contribution in [2.75, 3.05) is 27.3 Å². The van der Waals surface area contributed by atoms with Crippen LogP contribution in [0.4, 0.5) is 0 Å². The van der Waals surface area contributed by atoms with E-state index in [9.17, 15) is 19.2 Å². The summed E-state index contributed by atoms with van der Waals surface area (Å²) in [6, 6.07) is 14.5. The number of likely N-dealkylation sites (tertiary alicyclic amines) is 1. The first-order chi connectivity index (χ1) is 16.9.